The largest absolute Gasteiger partial charge is 0.468 e. The van der Waals surface area contributed by atoms with E-state index in [0.29, 0.717) is 24.3 Å². The molecule has 0 saturated heterocycles. The van der Waals surface area contributed by atoms with Crippen LogP contribution in [0.3, 0.4) is 0 Å². The van der Waals surface area contributed by atoms with Crippen molar-refractivity contribution in [2.24, 2.45) is 0 Å². The van der Waals surface area contributed by atoms with Gasteiger partial charge in [-0.3, -0.25) is 9.48 Å². The van der Waals surface area contributed by atoms with Gasteiger partial charge in [-0.15, -0.1) is 0 Å². The van der Waals surface area contributed by atoms with Gasteiger partial charge in [-0.05, 0) is 30.3 Å². The van der Waals surface area contributed by atoms with Crippen LogP contribution in [0.4, 0.5) is 30.7 Å². The summed E-state index contributed by atoms with van der Waals surface area (Å²) in [6.07, 6.45) is -9.74. The van der Waals surface area contributed by atoms with Gasteiger partial charge in [0.05, 0.1) is 23.8 Å². The molecule has 0 atom stereocenters. The normalized spacial score (nSPS) is 12.4. The standard InChI is InChI=1S/C18H11F7N2O2/c1-29-14(28)8-27-13-4-2-3-11(18(23,24)25)15(13)16(26-27)10-7-9(17(20,21)22)5-6-12(10)19/h2-7H,8H2,1H3. The number of nitrogens with zero attached hydrogens (tertiary/aromatic N) is 2. The van der Waals surface area contributed by atoms with E-state index >= 15 is 0 Å². The monoisotopic (exact) mass is 420 g/mol. The first-order valence-electron chi connectivity index (χ1n) is 7.94. The van der Waals surface area contributed by atoms with Crippen molar-refractivity contribution >= 4 is 16.9 Å². The predicted molar refractivity (Wildman–Crippen MR) is 87.1 cm³/mol. The third-order valence-electron chi connectivity index (χ3n) is 4.14. The second-order valence-corrected chi connectivity index (χ2v) is 5.97. The van der Waals surface area contributed by atoms with Gasteiger partial charge in [0.2, 0.25) is 0 Å². The van der Waals surface area contributed by atoms with Crippen LogP contribution in [0.25, 0.3) is 22.2 Å². The third-order valence-corrected chi connectivity index (χ3v) is 4.14. The van der Waals surface area contributed by atoms with Gasteiger partial charge < -0.3 is 4.74 Å². The van der Waals surface area contributed by atoms with Crippen LogP contribution in [0.15, 0.2) is 36.4 Å². The maximum atomic E-state index is 14.3. The van der Waals surface area contributed by atoms with Crippen molar-refractivity contribution in [2.45, 2.75) is 18.9 Å². The number of alkyl halides is 6. The number of hydrogen-bond acceptors (Lipinski definition) is 3. The topological polar surface area (TPSA) is 44.1 Å². The van der Waals surface area contributed by atoms with Gasteiger partial charge in [-0.2, -0.15) is 31.4 Å². The fraction of sp³-hybridized carbons (Fsp3) is 0.222. The number of aromatic nitrogens is 2. The Kier molecular flexibility index (Phi) is 5.01. The fourth-order valence-corrected chi connectivity index (χ4v) is 2.84. The van der Waals surface area contributed by atoms with Crippen LogP contribution in [-0.4, -0.2) is 22.9 Å². The lowest BCUT2D eigenvalue weighted by atomic mass is 10.0. The summed E-state index contributed by atoms with van der Waals surface area (Å²) in [7, 11) is 1.04. The molecule has 0 aliphatic heterocycles. The van der Waals surface area contributed by atoms with Crippen LogP contribution < -0.4 is 0 Å². The van der Waals surface area contributed by atoms with Gasteiger partial charge >= 0.3 is 18.3 Å². The van der Waals surface area contributed by atoms with E-state index in [0.717, 1.165) is 17.9 Å². The molecule has 1 aromatic heterocycles. The Morgan fingerprint density at radius 1 is 1.07 bits per heavy atom. The average Bonchev–Trinajstić information content (AvgIpc) is 2.98. The predicted octanol–water partition coefficient (Wildman–Crippen LogP) is 5.05. The highest BCUT2D eigenvalue weighted by Crippen LogP contribution is 2.41. The van der Waals surface area contributed by atoms with Crippen molar-refractivity contribution in [3.05, 3.63) is 53.3 Å². The van der Waals surface area contributed by atoms with Crippen molar-refractivity contribution in [2.75, 3.05) is 7.11 Å². The summed E-state index contributed by atoms with van der Waals surface area (Å²) in [5.41, 5.74) is -4.13. The minimum atomic E-state index is -4.90. The molecule has 2 aromatic carbocycles. The molecule has 0 aliphatic carbocycles. The number of benzene rings is 2. The molecule has 29 heavy (non-hydrogen) atoms. The number of fused-ring (bicyclic) bond motifs is 1. The highest BCUT2D eigenvalue weighted by Gasteiger charge is 2.36. The lowest BCUT2D eigenvalue weighted by molar-refractivity contribution is -0.141. The summed E-state index contributed by atoms with van der Waals surface area (Å²) in [6.45, 7) is -0.616. The minimum Gasteiger partial charge on any atom is -0.468 e. The van der Waals surface area contributed by atoms with Gasteiger partial charge in [0.1, 0.15) is 18.1 Å². The molecule has 0 saturated carbocycles. The zero-order valence-corrected chi connectivity index (χ0v) is 14.5. The number of rotatable bonds is 3. The Morgan fingerprint density at radius 3 is 2.34 bits per heavy atom. The van der Waals surface area contributed by atoms with Crippen LogP contribution in [0.5, 0.6) is 0 Å². The van der Waals surface area contributed by atoms with E-state index in [1.807, 2.05) is 0 Å². The van der Waals surface area contributed by atoms with E-state index in [1.54, 1.807) is 0 Å². The molecular weight excluding hydrogens is 409 g/mol. The zero-order chi connectivity index (χ0) is 21.6. The van der Waals surface area contributed by atoms with Crippen LogP contribution in [0, 0.1) is 5.82 Å². The maximum absolute atomic E-state index is 14.3. The molecule has 0 aliphatic rings. The zero-order valence-electron chi connectivity index (χ0n) is 14.5. The van der Waals surface area contributed by atoms with E-state index in [2.05, 4.69) is 9.84 Å². The molecule has 0 spiro atoms. The highest BCUT2D eigenvalue weighted by atomic mass is 19.4. The van der Waals surface area contributed by atoms with Gasteiger partial charge in [-0.1, -0.05) is 6.07 Å². The number of halogens is 7. The molecule has 0 unspecified atom stereocenters. The molecule has 0 amide bonds. The van der Waals surface area contributed by atoms with Crippen molar-refractivity contribution in [3.63, 3.8) is 0 Å². The van der Waals surface area contributed by atoms with Crippen LogP contribution >= 0.6 is 0 Å². The number of methoxy groups -OCH3 is 1. The van der Waals surface area contributed by atoms with E-state index in [9.17, 15) is 35.5 Å². The van der Waals surface area contributed by atoms with E-state index in [1.165, 1.54) is 6.07 Å². The van der Waals surface area contributed by atoms with Crippen molar-refractivity contribution in [1.29, 1.82) is 0 Å². The lowest BCUT2D eigenvalue weighted by Crippen LogP contribution is -2.12. The molecular formula is C18H11F7N2O2. The molecule has 3 rings (SSSR count). The summed E-state index contributed by atoms with van der Waals surface area (Å²) in [5.74, 6) is -2.05. The van der Waals surface area contributed by atoms with Gasteiger partial charge in [0, 0.05) is 10.9 Å². The second kappa shape index (κ2) is 7.05. The Balaban J connectivity index is 2.37. The Morgan fingerprint density at radius 2 is 1.76 bits per heavy atom. The Bertz CT molecular complexity index is 1080. The Labute approximate surface area is 158 Å². The van der Waals surface area contributed by atoms with Crippen LogP contribution in [0.2, 0.25) is 0 Å². The number of hydrogen-bond donors (Lipinski definition) is 0. The first-order valence-corrected chi connectivity index (χ1v) is 7.94. The molecule has 154 valence electrons. The SMILES string of the molecule is COC(=O)Cn1nc(-c2cc(C(F)(F)F)ccc2F)c2c(C(F)(F)F)cccc21. The molecule has 3 aromatic rings. The summed E-state index contributed by atoms with van der Waals surface area (Å²) >= 11 is 0. The molecule has 1 heterocycles. The second-order valence-electron chi connectivity index (χ2n) is 5.97. The molecule has 0 fully saturated rings. The molecule has 0 N–H and O–H groups in total. The summed E-state index contributed by atoms with van der Waals surface area (Å²) in [6, 6.07) is 4.29. The van der Waals surface area contributed by atoms with E-state index < -0.39 is 58.5 Å². The van der Waals surface area contributed by atoms with Gasteiger partial charge in [0.15, 0.2) is 0 Å². The molecule has 0 radical (unpaired) electrons. The first-order chi connectivity index (χ1) is 13.4. The molecule has 0 bridgehead atoms. The Hall–Kier alpha value is -3.11. The smallest absolute Gasteiger partial charge is 0.417 e. The molecule has 4 nitrogen and oxygen atoms in total. The summed E-state index contributed by atoms with van der Waals surface area (Å²) in [5, 5.41) is 3.19. The van der Waals surface area contributed by atoms with E-state index in [-0.39, 0.29) is 5.52 Å². The quantitative estimate of drug-likeness (QED) is 0.440. The lowest BCUT2D eigenvalue weighted by Gasteiger charge is -2.11. The van der Waals surface area contributed by atoms with Gasteiger partial charge in [0.25, 0.3) is 0 Å². The molecule has 11 heteroatoms. The fourth-order valence-electron chi connectivity index (χ4n) is 2.84. The summed E-state index contributed by atoms with van der Waals surface area (Å²) in [4.78, 5) is 11.6. The number of esters is 1. The number of carbonyl (C=O) groups excluding carboxylic acids is 1. The number of ether oxygens (including phenoxy) is 1. The summed E-state index contributed by atoms with van der Waals surface area (Å²) < 4.78 is 99.3. The van der Waals surface area contributed by atoms with Crippen molar-refractivity contribution in [3.8, 4) is 11.3 Å². The minimum absolute atomic E-state index is 0.211. The van der Waals surface area contributed by atoms with Crippen molar-refractivity contribution < 1.29 is 40.3 Å². The number of carbonyl (C=O) groups is 1. The highest BCUT2D eigenvalue weighted by molar-refractivity contribution is 5.97. The average molecular weight is 420 g/mol. The van der Waals surface area contributed by atoms with Crippen LogP contribution in [-0.2, 0) is 28.4 Å². The van der Waals surface area contributed by atoms with Gasteiger partial charge in [-0.25, -0.2) is 4.39 Å². The maximum Gasteiger partial charge on any atom is 0.417 e. The first kappa shape index (κ1) is 20.6. The van der Waals surface area contributed by atoms with Crippen molar-refractivity contribution in [1.82, 2.24) is 9.78 Å². The third kappa shape index (κ3) is 3.89. The van der Waals surface area contributed by atoms with Crippen LogP contribution in [0.1, 0.15) is 11.1 Å². The van der Waals surface area contributed by atoms with E-state index in [4.69, 9.17) is 0 Å².